The van der Waals surface area contributed by atoms with Gasteiger partial charge < -0.3 is 25.0 Å². The first kappa shape index (κ1) is 28.2. The van der Waals surface area contributed by atoms with Gasteiger partial charge in [0.15, 0.2) is 0 Å². The first-order valence-corrected chi connectivity index (χ1v) is 15.8. The molecule has 3 fully saturated rings. The van der Waals surface area contributed by atoms with Gasteiger partial charge in [0, 0.05) is 63.1 Å². The zero-order valence-electron chi connectivity index (χ0n) is 22.9. The largest absolute Gasteiger partial charge is 0.491 e. The number of hydrogen-bond acceptors (Lipinski definition) is 7. The minimum absolute atomic E-state index is 0.0597. The number of anilines is 3. The fourth-order valence-electron chi connectivity index (χ4n) is 6.13. The molecule has 6 rings (SSSR count). The molecule has 0 bridgehead atoms. The molecule has 1 spiro atoms. The average molecular weight is 591 g/mol. The third-order valence-electron chi connectivity index (χ3n) is 8.92. The van der Waals surface area contributed by atoms with Crippen LogP contribution in [0.15, 0.2) is 35.2 Å². The minimum atomic E-state index is -3.85. The monoisotopic (exact) mass is 590 g/mol. The van der Waals surface area contributed by atoms with Gasteiger partial charge in [-0.1, -0.05) is 0 Å². The number of nitrogens with one attached hydrogen (secondary N) is 2. The highest BCUT2D eigenvalue weighted by atomic mass is 32.2. The predicted molar refractivity (Wildman–Crippen MR) is 152 cm³/mol. The first-order valence-electron chi connectivity index (χ1n) is 14.3. The van der Waals surface area contributed by atoms with Crippen molar-refractivity contribution in [2.45, 2.75) is 55.8 Å². The SMILES string of the molecule is O=C(Nc1ccc(S(=O)(=O)NCCO)cc1N1CCC2(CC1)CC2)c1cc2c(c(N3CCC(F)(F)CC3)c1)OCC2. The highest BCUT2D eigenvalue weighted by molar-refractivity contribution is 7.89. The molecule has 1 saturated carbocycles. The Bertz CT molecular complexity index is 1430. The van der Waals surface area contributed by atoms with Crippen LogP contribution in [0, 0.1) is 5.41 Å². The number of carbonyl (C=O) groups excluding carboxylic acids is 1. The molecular weight excluding hydrogens is 554 g/mol. The second kappa shape index (κ2) is 10.7. The summed E-state index contributed by atoms with van der Waals surface area (Å²) in [5.74, 6) is -2.40. The number of aliphatic hydroxyl groups excluding tert-OH is 1. The van der Waals surface area contributed by atoms with E-state index in [0.29, 0.717) is 46.8 Å². The summed E-state index contributed by atoms with van der Waals surface area (Å²) in [5.41, 5.74) is 3.45. The van der Waals surface area contributed by atoms with Gasteiger partial charge >= 0.3 is 0 Å². The number of halogens is 2. The molecule has 2 aromatic rings. The lowest BCUT2D eigenvalue weighted by atomic mass is 9.93. The number of sulfonamides is 1. The molecule has 12 heteroatoms. The fraction of sp³-hybridized carbons (Fsp3) is 0.552. The number of piperidine rings is 2. The number of rotatable bonds is 8. The molecule has 0 radical (unpaired) electrons. The third-order valence-corrected chi connectivity index (χ3v) is 10.4. The van der Waals surface area contributed by atoms with Crippen LogP contribution in [-0.2, 0) is 16.4 Å². The molecule has 3 heterocycles. The van der Waals surface area contributed by atoms with E-state index in [0.717, 1.165) is 31.5 Å². The second-order valence-corrected chi connectivity index (χ2v) is 13.4. The van der Waals surface area contributed by atoms with E-state index in [9.17, 15) is 22.0 Å². The molecule has 222 valence electrons. The van der Waals surface area contributed by atoms with Gasteiger partial charge in [-0.15, -0.1) is 0 Å². The summed E-state index contributed by atoms with van der Waals surface area (Å²) in [6.07, 6.45) is 4.61. The molecule has 0 atom stereocenters. The van der Waals surface area contributed by atoms with Gasteiger partial charge in [0.2, 0.25) is 10.0 Å². The van der Waals surface area contributed by atoms with E-state index in [1.54, 1.807) is 24.3 Å². The smallest absolute Gasteiger partial charge is 0.255 e. The Labute approximate surface area is 238 Å². The highest BCUT2D eigenvalue weighted by Gasteiger charge is 2.44. The van der Waals surface area contributed by atoms with Crippen molar-refractivity contribution >= 4 is 33.0 Å². The lowest BCUT2D eigenvalue weighted by Gasteiger charge is -2.35. The van der Waals surface area contributed by atoms with Crippen molar-refractivity contribution in [3.8, 4) is 5.75 Å². The number of nitrogens with zero attached hydrogens (tertiary/aromatic N) is 2. The van der Waals surface area contributed by atoms with Gasteiger partial charge in [-0.05, 0) is 61.4 Å². The second-order valence-electron chi connectivity index (χ2n) is 11.7. The molecule has 0 unspecified atom stereocenters. The van der Waals surface area contributed by atoms with Crippen molar-refractivity contribution in [3.63, 3.8) is 0 Å². The van der Waals surface area contributed by atoms with Crippen LogP contribution in [0.4, 0.5) is 25.8 Å². The molecule has 0 aromatic heterocycles. The van der Waals surface area contributed by atoms with E-state index in [2.05, 4.69) is 14.9 Å². The highest BCUT2D eigenvalue weighted by Crippen LogP contribution is 2.54. The summed E-state index contributed by atoms with van der Waals surface area (Å²) in [5, 5.41) is 12.1. The van der Waals surface area contributed by atoms with Crippen molar-refractivity contribution in [1.29, 1.82) is 0 Å². The standard InChI is InChI=1S/C29H36F2N4O5S/c30-29(31)8-13-35(14-9-29)25-18-21(17-20-3-16-40-26(20)25)27(37)33-23-2-1-22(41(38,39)32-10-15-36)19-24(23)34-11-6-28(4-5-28)7-12-34/h1-2,17-19,32,36H,3-16H2,(H,33,37). The van der Waals surface area contributed by atoms with Crippen LogP contribution in [0.25, 0.3) is 0 Å². The number of alkyl halides is 2. The van der Waals surface area contributed by atoms with Crippen LogP contribution in [0.1, 0.15) is 54.4 Å². The Hall–Kier alpha value is -2.96. The Morgan fingerprint density at radius 1 is 0.951 bits per heavy atom. The molecule has 2 saturated heterocycles. The van der Waals surface area contributed by atoms with Gasteiger partial charge in [-0.25, -0.2) is 21.9 Å². The number of carbonyl (C=O) groups is 1. The third kappa shape index (κ3) is 5.87. The maximum Gasteiger partial charge on any atom is 0.255 e. The zero-order valence-corrected chi connectivity index (χ0v) is 23.7. The summed E-state index contributed by atoms with van der Waals surface area (Å²) >= 11 is 0. The van der Waals surface area contributed by atoms with E-state index in [-0.39, 0.29) is 49.9 Å². The maximum absolute atomic E-state index is 13.8. The van der Waals surface area contributed by atoms with Crippen LogP contribution in [0.3, 0.4) is 0 Å². The molecule has 4 aliphatic rings. The Balaban J connectivity index is 1.29. The summed E-state index contributed by atoms with van der Waals surface area (Å²) in [4.78, 5) is 17.7. The van der Waals surface area contributed by atoms with Crippen LogP contribution >= 0.6 is 0 Å². The number of amides is 1. The number of hydrogen-bond donors (Lipinski definition) is 3. The summed E-state index contributed by atoms with van der Waals surface area (Å²) in [6, 6.07) is 8.12. The molecule has 9 nitrogen and oxygen atoms in total. The zero-order chi connectivity index (χ0) is 28.8. The van der Waals surface area contributed by atoms with Gasteiger partial charge in [0.1, 0.15) is 5.75 Å². The Morgan fingerprint density at radius 2 is 1.63 bits per heavy atom. The average Bonchev–Trinajstić information content (AvgIpc) is 3.53. The van der Waals surface area contributed by atoms with E-state index in [1.807, 2.05) is 4.90 Å². The van der Waals surface area contributed by atoms with Gasteiger partial charge in [-0.2, -0.15) is 0 Å². The van der Waals surface area contributed by atoms with E-state index >= 15 is 0 Å². The normalized spacial score (nSPS) is 21.0. The molecule has 1 aliphatic carbocycles. The number of ether oxygens (including phenoxy) is 1. The number of fused-ring (bicyclic) bond motifs is 1. The van der Waals surface area contributed by atoms with E-state index in [4.69, 9.17) is 9.84 Å². The van der Waals surface area contributed by atoms with E-state index < -0.39 is 15.9 Å². The predicted octanol–water partition coefficient (Wildman–Crippen LogP) is 3.76. The van der Waals surface area contributed by atoms with Crippen LogP contribution in [-0.4, -0.2) is 71.3 Å². The Morgan fingerprint density at radius 3 is 2.32 bits per heavy atom. The number of aliphatic hydroxyl groups is 1. The topological polar surface area (TPSA) is 111 Å². The van der Waals surface area contributed by atoms with Gasteiger partial charge in [-0.3, -0.25) is 4.79 Å². The van der Waals surface area contributed by atoms with Crippen molar-refractivity contribution in [2.75, 3.05) is 61.1 Å². The van der Waals surface area contributed by atoms with Crippen molar-refractivity contribution in [3.05, 3.63) is 41.5 Å². The maximum atomic E-state index is 13.8. The van der Waals surface area contributed by atoms with Crippen molar-refractivity contribution < 1.29 is 31.8 Å². The molecule has 3 aliphatic heterocycles. The first-order chi connectivity index (χ1) is 19.6. The van der Waals surface area contributed by atoms with Crippen LogP contribution < -0.4 is 24.6 Å². The summed E-state index contributed by atoms with van der Waals surface area (Å²) in [7, 11) is -3.85. The van der Waals surface area contributed by atoms with E-state index in [1.165, 1.54) is 18.9 Å². The van der Waals surface area contributed by atoms with Gasteiger partial charge in [0.05, 0.1) is 35.2 Å². The molecule has 2 aromatic carbocycles. The van der Waals surface area contributed by atoms with Gasteiger partial charge in [0.25, 0.3) is 11.8 Å². The molecular formula is C29H36F2N4O5S. The summed E-state index contributed by atoms with van der Waals surface area (Å²) < 4.78 is 61.6. The van der Waals surface area contributed by atoms with Crippen molar-refractivity contribution in [2.24, 2.45) is 5.41 Å². The Kier molecular flexibility index (Phi) is 7.36. The fourth-order valence-corrected chi connectivity index (χ4v) is 7.17. The summed E-state index contributed by atoms with van der Waals surface area (Å²) in [6.45, 7) is 1.93. The molecule has 1 amide bonds. The number of benzene rings is 2. The van der Waals surface area contributed by atoms with Crippen LogP contribution in [0.2, 0.25) is 0 Å². The quantitative estimate of drug-likeness (QED) is 0.430. The lowest BCUT2D eigenvalue weighted by molar-refractivity contribution is -0.0221. The van der Waals surface area contributed by atoms with Crippen molar-refractivity contribution in [1.82, 2.24) is 4.72 Å². The minimum Gasteiger partial charge on any atom is -0.491 e. The molecule has 3 N–H and O–H groups in total. The van der Waals surface area contributed by atoms with Crippen LogP contribution in [0.5, 0.6) is 5.75 Å². The lowest BCUT2D eigenvalue weighted by Crippen LogP contribution is -2.39. The molecule has 41 heavy (non-hydrogen) atoms.